The van der Waals surface area contributed by atoms with Gasteiger partial charge in [0.25, 0.3) is 0 Å². The molecule has 0 bridgehead atoms. The summed E-state index contributed by atoms with van der Waals surface area (Å²) in [6.45, 7) is 1.51. The summed E-state index contributed by atoms with van der Waals surface area (Å²) in [5.41, 5.74) is -0.499. The second-order valence-electron chi connectivity index (χ2n) is 4.92. The maximum atomic E-state index is 13.7. The highest BCUT2D eigenvalue weighted by molar-refractivity contribution is 5.31. The summed E-state index contributed by atoms with van der Waals surface area (Å²) < 4.78 is 31.7. The summed E-state index contributed by atoms with van der Waals surface area (Å²) in [5, 5.41) is 10.4. The average molecular weight is 278 g/mol. The van der Waals surface area contributed by atoms with E-state index in [1.54, 1.807) is 31.4 Å². The second-order valence-corrected chi connectivity index (χ2v) is 4.92. The molecule has 2 rings (SSSR count). The fourth-order valence-electron chi connectivity index (χ4n) is 2.16. The van der Waals surface area contributed by atoms with Gasteiger partial charge in [0, 0.05) is 18.1 Å². The van der Waals surface area contributed by atoms with E-state index in [0.29, 0.717) is 5.75 Å². The fourth-order valence-corrected chi connectivity index (χ4v) is 2.16. The Morgan fingerprint density at radius 1 is 1.10 bits per heavy atom. The van der Waals surface area contributed by atoms with Crippen molar-refractivity contribution in [1.82, 2.24) is 0 Å². The first kappa shape index (κ1) is 14.5. The van der Waals surface area contributed by atoms with Crippen LogP contribution in [0.3, 0.4) is 0 Å². The first-order chi connectivity index (χ1) is 9.42. The molecule has 0 saturated heterocycles. The molecule has 0 saturated carbocycles. The zero-order valence-electron chi connectivity index (χ0n) is 11.4. The highest BCUT2D eigenvalue weighted by Crippen LogP contribution is 2.28. The number of methoxy groups -OCH3 is 1. The van der Waals surface area contributed by atoms with Gasteiger partial charge in [-0.2, -0.15) is 0 Å². The predicted molar refractivity (Wildman–Crippen MR) is 72.6 cm³/mol. The number of benzene rings is 2. The van der Waals surface area contributed by atoms with E-state index in [1.807, 2.05) is 0 Å². The monoisotopic (exact) mass is 278 g/mol. The Hall–Kier alpha value is -1.94. The molecule has 0 aliphatic carbocycles. The minimum atomic E-state index is -1.41. The van der Waals surface area contributed by atoms with Crippen LogP contribution in [-0.2, 0) is 12.0 Å². The van der Waals surface area contributed by atoms with Gasteiger partial charge in [-0.05, 0) is 30.7 Å². The second kappa shape index (κ2) is 5.59. The fraction of sp³-hybridized carbons (Fsp3) is 0.250. The SMILES string of the molecule is COc1ccc(CC(C)(O)c2ccc(F)cc2F)cc1. The van der Waals surface area contributed by atoms with Crippen LogP contribution in [0.15, 0.2) is 42.5 Å². The van der Waals surface area contributed by atoms with Gasteiger partial charge in [-0.25, -0.2) is 8.78 Å². The van der Waals surface area contributed by atoms with Crippen LogP contribution in [0.2, 0.25) is 0 Å². The Kier molecular flexibility index (Phi) is 4.04. The summed E-state index contributed by atoms with van der Waals surface area (Å²) in [4.78, 5) is 0. The van der Waals surface area contributed by atoms with Gasteiger partial charge in [0.1, 0.15) is 17.4 Å². The minimum Gasteiger partial charge on any atom is -0.497 e. The lowest BCUT2D eigenvalue weighted by Gasteiger charge is -2.24. The highest BCUT2D eigenvalue weighted by Gasteiger charge is 2.27. The lowest BCUT2D eigenvalue weighted by Crippen LogP contribution is -2.25. The molecule has 4 heteroatoms. The van der Waals surface area contributed by atoms with E-state index in [4.69, 9.17) is 4.74 Å². The van der Waals surface area contributed by atoms with Gasteiger partial charge in [0.2, 0.25) is 0 Å². The summed E-state index contributed by atoms with van der Waals surface area (Å²) in [5.74, 6) is -0.698. The van der Waals surface area contributed by atoms with Gasteiger partial charge in [0.15, 0.2) is 0 Å². The van der Waals surface area contributed by atoms with E-state index < -0.39 is 17.2 Å². The Bertz CT molecular complexity index is 592. The molecule has 0 amide bonds. The van der Waals surface area contributed by atoms with Crippen molar-refractivity contribution in [1.29, 1.82) is 0 Å². The Balaban J connectivity index is 2.25. The third kappa shape index (κ3) is 3.14. The Morgan fingerprint density at radius 2 is 1.75 bits per heavy atom. The van der Waals surface area contributed by atoms with Crippen molar-refractivity contribution in [2.24, 2.45) is 0 Å². The van der Waals surface area contributed by atoms with Gasteiger partial charge in [-0.1, -0.05) is 18.2 Å². The maximum absolute atomic E-state index is 13.7. The third-order valence-corrected chi connectivity index (χ3v) is 3.22. The maximum Gasteiger partial charge on any atom is 0.132 e. The van der Waals surface area contributed by atoms with Crippen LogP contribution in [0.25, 0.3) is 0 Å². The molecule has 0 heterocycles. The molecule has 0 aliphatic rings. The molecule has 1 unspecified atom stereocenters. The molecular weight excluding hydrogens is 262 g/mol. The van der Waals surface area contributed by atoms with Crippen LogP contribution in [0.1, 0.15) is 18.1 Å². The number of rotatable bonds is 4. The number of hydrogen-bond donors (Lipinski definition) is 1. The molecule has 0 aromatic heterocycles. The Morgan fingerprint density at radius 3 is 2.30 bits per heavy atom. The van der Waals surface area contributed by atoms with Gasteiger partial charge in [-0.3, -0.25) is 0 Å². The Labute approximate surface area is 116 Å². The van der Waals surface area contributed by atoms with Gasteiger partial charge < -0.3 is 9.84 Å². The summed E-state index contributed by atoms with van der Waals surface area (Å²) in [6.07, 6.45) is 0.222. The van der Waals surface area contributed by atoms with Gasteiger partial charge in [-0.15, -0.1) is 0 Å². The van der Waals surface area contributed by atoms with E-state index in [-0.39, 0.29) is 12.0 Å². The van der Waals surface area contributed by atoms with Gasteiger partial charge >= 0.3 is 0 Å². The first-order valence-corrected chi connectivity index (χ1v) is 6.23. The molecule has 1 atom stereocenters. The quantitative estimate of drug-likeness (QED) is 0.928. The summed E-state index contributed by atoms with van der Waals surface area (Å²) in [7, 11) is 1.57. The van der Waals surface area contributed by atoms with Crippen molar-refractivity contribution in [3.63, 3.8) is 0 Å². The minimum absolute atomic E-state index is 0.0784. The smallest absolute Gasteiger partial charge is 0.132 e. The molecule has 2 aromatic carbocycles. The van der Waals surface area contributed by atoms with E-state index in [2.05, 4.69) is 0 Å². The van der Waals surface area contributed by atoms with E-state index in [0.717, 1.165) is 17.7 Å². The third-order valence-electron chi connectivity index (χ3n) is 3.22. The predicted octanol–water partition coefficient (Wildman–Crippen LogP) is 3.42. The van der Waals surface area contributed by atoms with Crippen LogP contribution in [0.4, 0.5) is 8.78 Å². The number of ether oxygens (including phenoxy) is 1. The van der Waals surface area contributed by atoms with Gasteiger partial charge in [0.05, 0.1) is 12.7 Å². The van der Waals surface area contributed by atoms with Crippen LogP contribution in [-0.4, -0.2) is 12.2 Å². The molecule has 1 N–H and O–H groups in total. The van der Waals surface area contributed by atoms with Crippen LogP contribution in [0, 0.1) is 11.6 Å². The molecule has 0 aliphatic heterocycles. The largest absolute Gasteiger partial charge is 0.497 e. The molecule has 106 valence electrons. The van der Waals surface area contributed by atoms with Crippen LogP contribution < -0.4 is 4.74 Å². The molecule has 20 heavy (non-hydrogen) atoms. The zero-order valence-corrected chi connectivity index (χ0v) is 11.4. The zero-order chi connectivity index (χ0) is 14.8. The van der Waals surface area contributed by atoms with E-state index in [1.165, 1.54) is 13.0 Å². The topological polar surface area (TPSA) is 29.5 Å². The lowest BCUT2D eigenvalue weighted by atomic mass is 9.88. The molecule has 0 radical (unpaired) electrons. The summed E-state index contributed by atoms with van der Waals surface area (Å²) in [6, 6.07) is 10.3. The first-order valence-electron chi connectivity index (χ1n) is 6.23. The molecule has 2 aromatic rings. The van der Waals surface area contributed by atoms with Crippen molar-refractivity contribution < 1.29 is 18.6 Å². The number of halogens is 2. The molecule has 2 nitrogen and oxygen atoms in total. The van der Waals surface area contributed by atoms with Crippen molar-refractivity contribution in [3.05, 3.63) is 65.2 Å². The highest BCUT2D eigenvalue weighted by atomic mass is 19.1. The van der Waals surface area contributed by atoms with Crippen molar-refractivity contribution in [2.45, 2.75) is 18.9 Å². The van der Waals surface area contributed by atoms with Crippen molar-refractivity contribution in [2.75, 3.05) is 7.11 Å². The molecular formula is C16H16F2O2. The van der Waals surface area contributed by atoms with Crippen molar-refractivity contribution in [3.8, 4) is 5.75 Å². The summed E-state index contributed by atoms with van der Waals surface area (Å²) >= 11 is 0. The van der Waals surface area contributed by atoms with Crippen LogP contribution >= 0.6 is 0 Å². The van der Waals surface area contributed by atoms with E-state index in [9.17, 15) is 13.9 Å². The average Bonchev–Trinajstić information content (AvgIpc) is 2.38. The number of hydrogen-bond acceptors (Lipinski definition) is 2. The van der Waals surface area contributed by atoms with E-state index >= 15 is 0 Å². The lowest BCUT2D eigenvalue weighted by molar-refractivity contribution is 0.0537. The number of aliphatic hydroxyl groups is 1. The van der Waals surface area contributed by atoms with Crippen molar-refractivity contribution >= 4 is 0 Å². The normalized spacial score (nSPS) is 13.8. The standard InChI is InChI=1S/C16H16F2O2/c1-16(19,14-8-5-12(17)9-15(14)18)10-11-3-6-13(20-2)7-4-11/h3-9,19H,10H2,1-2H3. The molecule has 0 spiro atoms. The van der Waals surface area contributed by atoms with Crippen LogP contribution in [0.5, 0.6) is 5.75 Å². The molecule has 0 fully saturated rings.